The van der Waals surface area contributed by atoms with Crippen molar-refractivity contribution in [3.63, 3.8) is 0 Å². The molecule has 0 amide bonds. The second kappa shape index (κ2) is 7.75. The van der Waals surface area contributed by atoms with Crippen molar-refractivity contribution in [1.82, 2.24) is 5.16 Å². The van der Waals surface area contributed by atoms with Gasteiger partial charge in [-0.05, 0) is 42.8 Å². The number of nitrogens with zero attached hydrogens (tertiary/aromatic N) is 1. The van der Waals surface area contributed by atoms with Gasteiger partial charge in [-0.2, -0.15) is 0 Å². The molecule has 0 saturated heterocycles. The summed E-state index contributed by atoms with van der Waals surface area (Å²) in [4.78, 5) is 23.3. The zero-order chi connectivity index (χ0) is 19.4. The first-order chi connectivity index (χ1) is 13.0. The summed E-state index contributed by atoms with van der Waals surface area (Å²) in [6, 6.07) is 11.2. The van der Waals surface area contributed by atoms with Crippen molar-refractivity contribution in [3.05, 3.63) is 53.2 Å². The van der Waals surface area contributed by atoms with E-state index in [1.165, 1.54) is 7.11 Å². The summed E-state index contributed by atoms with van der Waals surface area (Å²) in [5.74, 6) is 4.49. The second-order valence-electron chi connectivity index (χ2n) is 5.71. The minimum Gasteiger partial charge on any atom is -0.462 e. The van der Waals surface area contributed by atoms with Crippen LogP contribution in [0.1, 0.15) is 28.5 Å². The molecule has 0 fully saturated rings. The predicted octanol–water partition coefficient (Wildman–Crippen LogP) is 3.50. The van der Waals surface area contributed by atoms with Crippen LogP contribution in [0.2, 0.25) is 0 Å². The van der Waals surface area contributed by atoms with E-state index in [-0.39, 0.29) is 6.61 Å². The average Bonchev–Trinajstić information content (AvgIpc) is 3.07. The summed E-state index contributed by atoms with van der Waals surface area (Å²) in [5, 5.41) is 5.77. The first-order valence-corrected chi connectivity index (χ1v) is 8.31. The van der Waals surface area contributed by atoms with Crippen LogP contribution in [-0.2, 0) is 14.3 Å². The molecule has 136 valence electrons. The third-order valence-electron chi connectivity index (χ3n) is 3.94. The molecule has 1 heterocycles. The first kappa shape index (κ1) is 18.2. The van der Waals surface area contributed by atoms with Crippen molar-refractivity contribution in [1.29, 1.82) is 0 Å². The Hall–Kier alpha value is -3.59. The highest BCUT2D eigenvalue weighted by Gasteiger charge is 2.23. The van der Waals surface area contributed by atoms with Crippen LogP contribution in [0.15, 0.2) is 40.9 Å². The van der Waals surface area contributed by atoms with Crippen LogP contribution < -0.4 is 0 Å². The van der Waals surface area contributed by atoms with Crippen LogP contribution in [0, 0.1) is 18.8 Å². The molecule has 0 atom stereocenters. The molecule has 0 aliphatic rings. The zero-order valence-corrected chi connectivity index (χ0v) is 15.2. The number of hydrogen-bond acceptors (Lipinski definition) is 6. The molecule has 0 N–H and O–H groups in total. The van der Waals surface area contributed by atoms with E-state index in [1.54, 1.807) is 19.9 Å². The van der Waals surface area contributed by atoms with Gasteiger partial charge in [-0.15, -0.1) is 0 Å². The van der Waals surface area contributed by atoms with Crippen LogP contribution in [0.25, 0.3) is 22.1 Å². The molecule has 2 aromatic carbocycles. The Kier molecular flexibility index (Phi) is 5.23. The molecular formula is C21H17NO5. The number of ether oxygens (including phenoxy) is 2. The van der Waals surface area contributed by atoms with Gasteiger partial charge in [-0.1, -0.05) is 29.3 Å². The SMILES string of the molecule is CCOC(=O)c1c(C)noc1-c1ccc2cc(C#CC(=O)OC)ccc2c1. The third-order valence-corrected chi connectivity index (χ3v) is 3.94. The molecule has 6 heteroatoms. The summed E-state index contributed by atoms with van der Waals surface area (Å²) in [7, 11) is 1.29. The normalized spacial score (nSPS) is 10.2. The van der Waals surface area contributed by atoms with Crippen LogP contribution in [0.3, 0.4) is 0 Å². The van der Waals surface area contributed by atoms with Crippen molar-refractivity contribution in [2.24, 2.45) is 0 Å². The highest BCUT2D eigenvalue weighted by molar-refractivity contribution is 5.98. The highest BCUT2D eigenvalue weighted by atomic mass is 16.5. The van der Waals surface area contributed by atoms with Gasteiger partial charge < -0.3 is 14.0 Å². The molecule has 0 unspecified atom stereocenters. The van der Waals surface area contributed by atoms with Gasteiger partial charge in [-0.25, -0.2) is 9.59 Å². The van der Waals surface area contributed by atoms with Gasteiger partial charge in [0.15, 0.2) is 5.76 Å². The average molecular weight is 363 g/mol. The molecule has 0 saturated carbocycles. The van der Waals surface area contributed by atoms with Gasteiger partial charge in [0, 0.05) is 17.0 Å². The van der Waals surface area contributed by atoms with Crippen molar-refractivity contribution in [2.75, 3.05) is 13.7 Å². The van der Waals surface area contributed by atoms with Gasteiger partial charge in [0.05, 0.1) is 19.4 Å². The molecule has 3 rings (SSSR count). The van der Waals surface area contributed by atoms with Gasteiger partial charge in [0.1, 0.15) is 5.56 Å². The summed E-state index contributed by atoms with van der Waals surface area (Å²) >= 11 is 0. The number of carbonyl (C=O) groups is 2. The van der Waals surface area contributed by atoms with Gasteiger partial charge in [0.25, 0.3) is 0 Å². The van der Waals surface area contributed by atoms with Crippen molar-refractivity contribution in [3.8, 4) is 23.2 Å². The Morgan fingerprint density at radius 1 is 1.15 bits per heavy atom. The van der Waals surface area contributed by atoms with E-state index < -0.39 is 11.9 Å². The number of carbonyl (C=O) groups excluding carboxylic acids is 2. The van der Waals surface area contributed by atoms with Gasteiger partial charge in [0.2, 0.25) is 0 Å². The van der Waals surface area contributed by atoms with Gasteiger partial charge in [-0.3, -0.25) is 0 Å². The Labute approximate surface area is 156 Å². The molecule has 6 nitrogen and oxygen atoms in total. The molecule has 0 spiro atoms. The van der Waals surface area contributed by atoms with Crippen LogP contribution >= 0.6 is 0 Å². The Morgan fingerprint density at radius 3 is 2.63 bits per heavy atom. The van der Waals surface area contributed by atoms with E-state index in [0.717, 1.165) is 16.3 Å². The third kappa shape index (κ3) is 3.82. The lowest BCUT2D eigenvalue weighted by atomic mass is 10.0. The highest BCUT2D eigenvalue weighted by Crippen LogP contribution is 2.30. The minimum absolute atomic E-state index is 0.274. The Morgan fingerprint density at radius 2 is 1.89 bits per heavy atom. The first-order valence-electron chi connectivity index (χ1n) is 8.31. The molecule has 27 heavy (non-hydrogen) atoms. The number of esters is 2. The monoisotopic (exact) mass is 363 g/mol. The molecule has 0 radical (unpaired) electrons. The summed E-state index contributed by atoms with van der Waals surface area (Å²) < 4.78 is 15.0. The van der Waals surface area contributed by atoms with Crippen LogP contribution in [0.5, 0.6) is 0 Å². The maximum Gasteiger partial charge on any atom is 0.384 e. The zero-order valence-electron chi connectivity index (χ0n) is 15.2. The maximum atomic E-state index is 12.2. The molecule has 3 aromatic rings. The van der Waals surface area contributed by atoms with E-state index in [0.29, 0.717) is 22.6 Å². The molecular weight excluding hydrogens is 346 g/mol. The second-order valence-corrected chi connectivity index (χ2v) is 5.71. The summed E-state index contributed by atoms with van der Waals surface area (Å²) in [6.07, 6.45) is 0. The van der Waals surface area contributed by atoms with Crippen molar-refractivity contribution >= 4 is 22.7 Å². The Bertz CT molecular complexity index is 1080. The largest absolute Gasteiger partial charge is 0.462 e. The smallest absolute Gasteiger partial charge is 0.384 e. The number of aromatic nitrogens is 1. The van der Waals surface area contributed by atoms with Crippen molar-refractivity contribution in [2.45, 2.75) is 13.8 Å². The number of aryl methyl sites for hydroxylation is 1. The van der Waals surface area contributed by atoms with E-state index in [9.17, 15) is 9.59 Å². The molecule has 0 aliphatic heterocycles. The van der Waals surface area contributed by atoms with E-state index in [2.05, 4.69) is 21.7 Å². The van der Waals surface area contributed by atoms with Crippen LogP contribution in [-0.4, -0.2) is 30.8 Å². The number of hydrogen-bond donors (Lipinski definition) is 0. The predicted molar refractivity (Wildman–Crippen MR) is 99.0 cm³/mol. The van der Waals surface area contributed by atoms with E-state index >= 15 is 0 Å². The Balaban J connectivity index is 2.00. The lowest BCUT2D eigenvalue weighted by molar-refractivity contribution is -0.133. The van der Waals surface area contributed by atoms with Crippen LogP contribution in [0.4, 0.5) is 0 Å². The lowest BCUT2D eigenvalue weighted by Crippen LogP contribution is -2.06. The fraction of sp³-hybridized carbons (Fsp3) is 0.190. The van der Waals surface area contributed by atoms with E-state index in [4.69, 9.17) is 9.26 Å². The maximum absolute atomic E-state index is 12.2. The molecule has 0 bridgehead atoms. The fourth-order valence-corrected chi connectivity index (χ4v) is 2.65. The number of rotatable bonds is 3. The van der Waals surface area contributed by atoms with Crippen molar-refractivity contribution < 1.29 is 23.6 Å². The topological polar surface area (TPSA) is 78.6 Å². The summed E-state index contributed by atoms with van der Waals surface area (Å²) in [5.41, 5.74) is 2.23. The molecule has 0 aliphatic carbocycles. The fourth-order valence-electron chi connectivity index (χ4n) is 2.65. The number of benzene rings is 2. The van der Waals surface area contributed by atoms with E-state index in [1.807, 2.05) is 30.3 Å². The number of fused-ring (bicyclic) bond motifs is 1. The quantitative estimate of drug-likeness (QED) is 0.523. The minimum atomic E-state index is -0.586. The standard InChI is InChI=1S/C21H17NO5/c1-4-26-21(24)19-13(2)22-27-20(19)17-9-8-15-11-14(5-7-16(15)12-17)6-10-18(23)25-3/h5,7-9,11-12H,4H2,1-3H3. The lowest BCUT2D eigenvalue weighted by Gasteiger charge is -2.05. The summed E-state index contributed by atoms with van der Waals surface area (Å²) in [6.45, 7) is 3.72. The van der Waals surface area contributed by atoms with Gasteiger partial charge >= 0.3 is 11.9 Å². The molecule has 1 aromatic heterocycles. The number of methoxy groups -OCH3 is 1.